The Hall–Kier alpha value is -10.0. The van der Waals surface area contributed by atoms with Crippen molar-refractivity contribution in [1.29, 1.82) is 5.26 Å². The highest BCUT2D eigenvalue weighted by molar-refractivity contribution is 7.02. The zero-order valence-electron chi connectivity index (χ0n) is 58.3. The maximum Gasteiger partial charge on any atom is 0.257 e. The second-order valence-corrected chi connectivity index (χ2v) is 26.2. The molecule has 2 aliphatic rings. The molecule has 16 rings (SSSR count). The van der Waals surface area contributed by atoms with Crippen LogP contribution in [-0.4, -0.2) is 11.3 Å². The van der Waals surface area contributed by atoms with E-state index in [2.05, 4.69) is 146 Å². The number of nitriles is 1. The number of anilines is 6. The number of benzene rings is 11. The van der Waals surface area contributed by atoms with Gasteiger partial charge in [-0.25, -0.2) is 0 Å². The largest absolute Gasteiger partial charge is 0.456 e. The quantitative estimate of drug-likeness (QED) is 0.161. The molecule has 0 radical (unpaired) electrons. The van der Waals surface area contributed by atoms with Crippen molar-refractivity contribution >= 4 is 123 Å². The van der Waals surface area contributed by atoms with Gasteiger partial charge in [-0.3, -0.25) is 0 Å². The fourth-order valence-corrected chi connectivity index (χ4v) is 13.5. The summed E-state index contributed by atoms with van der Waals surface area (Å²) in [6.07, 6.45) is 0. The van der Waals surface area contributed by atoms with Crippen LogP contribution in [0.25, 0.3) is 93.6 Å². The number of aromatic nitrogens is 1. The summed E-state index contributed by atoms with van der Waals surface area (Å²) < 4.78 is 102. The lowest BCUT2D eigenvalue weighted by molar-refractivity contribution is 0.569. The molecule has 0 unspecified atom stereocenters. The Morgan fingerprint density at radius 1 is 0.442 bits per heavy atom. The Bertz CT molecular complexity index is 5720. The lowest BCUT2D eigenvalue weighted by atomic mass is 9.33. The fraction of sp³-hybridized carbons (Fsp3) is 0.152. The summed E-state index contributed by atoms with van der Waals surface area (Å²) >= 11 is 0. The molecule has 0 aliphatic carbocycles. The van der Waals surface area contributed by atoms with Crippen LogP contribution in [-0.2, 0) is 16.2 Å². The maximum atomic E-state index is 10.3. The van der Waals surface area contributed by atoms with Gasteiger partial charge in [0.2, 0.25) is 0 Å². The molecule has 11 aromatic carbocycles. The van der Waals surface area contributed by atoms with Crippen molar-refractivity contribution in [3.05, 3.63) is 240 Å². The van der Waals surface area contributed by atoms with Crippen molar-refractivity contribution in [2.75, 3.05) is 9.80 Å². The van der Waals surface area contributed by atoms with Gasteiger partial charge in [-0.1, -0.05) is 196 Å². The topological polar surface area (TPSA) is 61.5 Å². The van der Waals surface area contributed by atoms with Gasteiger partial charge in [-0.05, 0) is 145 Å². The van der Waals surface area contributed by atoms with Gasteiger partial charge in [0.05, 0.1) is 46.4 Å². The van der Waals surface area contributed by atoms with E-state index in [9.17, 15) is 13.5 Å². The Morgan fingerprint density at radius 2 is 1.06 bits per heavy atom. The average Bonchev–Trinajstić information content (AvgIpc) is 1.65. The van der Waals surface area contributed by atoms with E-state index in [1.807, 2.05) is 88.3 Å². The molecule has 0 saturated carbocycles. The summed E-state index contributed by atoms with van der Waals surface area (Å²) in [7, 11) is 0. The minimum Gasteiger partial charge on any atom is -0.456 e. The Kier molecular flexibility index (Phi) is 9.19. The van der Waals surface area contributed by atoms with Gasteiger partial charge in [-0.15, -0.1) is 0 Å². The van der Waals surface area contributed by atoms with Crippen LogP contribution in [0.3, 0.4) is 0 Å². The minimum atomic E-state index is -0.764. The monoisotopic (exact) mass is 1120 g/mol. The number of fused-ring (bicyclic) bond motifs is 16. The first-order valence-electron chi connectivity index (χ1n) is 33.8. The highest BCUT2D eigenvalue weighted by atomic mass is 16.3. The predicted molar refractivity (Wildman–Crippen MR) is 361 cm³/mol. The molecule has 5 heterocycles. The summed E-state index contributed by atoms with van der Waals surface area (Å²) in [4.78, 5) is 4.16. The third-order valence-electron chi connectivity index (χ3n) is 17.8. The van der Waals surface area contributed by atoms with Crippen LogP contribution in [0.1, 0.15) is 96.9 Å². The molecular formula is C79H63BN4O2. The van der Waals surface area contributed by atoms with Crippen molar-refractivity contribution in [1.82, 2.24) is 4.57 Å². The fourth-order valence-electron chi connectivity index (χ4n) is 13.5. The molecule has 414 valence electrons. The summed E-state index contributed by atoms with van der Waals surface area (Å²) in [5.74, 6) is 0. The number of hydrogen-bond donors (Lipinski definition) is 0. The van der Waals surface area contributed by atoms with Crippen molar-refractivity contribution in [3.8, 4) is 34.0 Å². The molecule has 0 atom stereocenters. The molecular weight excluding hydrogens is 1050 g/mol. The molecule has 0 fully saturated rings. The van der Waals surface area contributed by atoms with E-state index >= 15 is 0 Å². The lowest BCUT2D eigenvalue weighted by Gasteiger charge is -2.45. The SMILES string of the molecule is [2H]c1c([2H])c([2H])c(N2c3cc(-c4cc(C(C)(C)C)cc(C(C)(C)C)c4)cc4c3B(c3ccc(-n5c6ccc(C#N)cc6c6c([2H])c([2H])c([2H])c([2H])c65)cc3N4c3ccc(C(C)(C)C)cc3-c3ccccc3)c3c2c2oc4ccccc4c2c2c3oc3ccccc32)c([2H])c1[2H]. The van der Waals surface area contributed by atoms with Gasteiger partial charge in [0.1, 0.15) is 16.7 Å². The average molecular weight is 1120 g/mol. The van der Waals surface area contributed by atoms with Crippen LogP contribution in [0.2, 0.25) is 0 Å². The van der Waals surface area contributed by atoms with Gasteiger partial charge in [-0.2, -0.15) is 5.26 Å². The van der Waals surface area contributed by atoms with E-state index in [1.54, 1.807) is 12.1 Å². The number of para-hydroxylation sites is 4. The zero-order valence-corrected chi connectivity index (χ0v) is 49.3. The van der Waals surface area contributed by atoms with Gasteiger partial charge in [0.25, 0.3) is 6.71 Å². The third-order valence-corrected chi connectivity index (χ3v) is 17.8. The lowest BCUT2D eigenvalue weighted by Crippen LogP contribution is -2.61. The standard InChI is InChI=1S/C79H63BN4O2/c1-77(2,3)51-33-37-63(59(44-51)48-22-12-10-13-23-48)84-65-45-55(82-62-29-19-16-26-56(62)60-38-47(46-81)32-36-64(60)82)34-35-61(65)80-72-66(41-50(42-67(72)84)49-39-52(78(4,5)6)43-53(40-49)79(7,8)9)83(54-24-14-11-15-25-54)74-73(80)75-70(57-27-17-20-30-68(57)85-75)71-58-28-18-21-31-69(58)86-76(71)74/h10-45H,1-9H3/i11D,14D,15D,16D,19D,24D,25D,26D,29D. The first-order valence-corrected chi connectivity index (χ1v) is 29.3. The highest BCUT2D eigenvalue weighted by Crippen LogP contribution is 2.54. The van der Waals surface area contributed by atoms with E-state index in [0.717, 1.165) is 77.1 Å². The van der Waals surface area contributed by atoms with Crippen molar-refractivity contribution < 1.29 is 21.2 Å². The Balaban J connectivity index is 1.16. The summed E-state index contributed by atoms with van der Waals surface area (Å²) in [6, 6.07) is 53.9. The van der Waals surface area contributed by atoms with Crippen LogP contribution >= 0.6 is 0 Å². The van der Waals surface area contributed by atoms with E-state index in [4.69, 9.17) is 12.9 Å². The van der Waals surface area contributed by atoms with Crippen molar-refractivity contribution in [2.45, 2.75) is 78.6 Å². The molecule has 86 heavy (non-hydrogen) atoms. The molecule has 14 aromatic rings. The van der Waals surface area contributed by atoms with E-state index in [1.165, 1.54) is 0 Å². The number of hydrogen-bond acceptors (Lipinski definition) is 5. The van der Waals surface area contributed by atoms with Crippen LogP contribution in [0, 0.1) is 11.3 Å². The highest BCUT2D eigenvalue weighted by Gasteiger charge is 2.48. The van der Waals surface area contributed by atoms with E-state index < -0.39 is 43.0 Å². The van der Waals surface area contributed by atoms with Crippen LogP contribution < -0.4 is 26.2 Å². The van der Waals surface area contributed by atoms with Gasteiger partial charge >= 0.3 is 0 Å². The van der Waals surface area contributed by atoms with E-state index in [0.29, 0.717) is 72.7 Å². The number of rotatable bonds is 5. The Labute approximate surface area is 514 Å². The molecule has 2 aliphatic heterocycles. The van der Waals surface area contributed by atoms with Crippen LogP contribution in [0.4, 0.5) is 34.1 Å². The van der Waals surface area contributed by atoms with Crippen molar-refractivity contribution in [2.24, 2.45) is 0 Å². The molecule has 7 heteroatoms. The number of furan rings is 2. The third kappa shape index (κ3) is 7.71. The smallest absolute Gasteiger partial charge is 0.257 e. The first-order chi connectivity index (χ1) is 45.2. The van der Waals surface area contributed by atoms with E-state index in [-0.39, 0.29) is 51.0 Å². The number of nitrogens with zero attached hydrogens (tertiary/aromatic N) is 4. The molecule has 0 spiro atoms. The van der Waals surface area contributed by atoms with Crippen molar-refractivity contribution in [3.63, 3.8) is 0 Å². The molecule has 0 amide bonds. The van der Waals surface area contributed by atoms with Gasteiger partial charge < -0.3 is 23.2 Å². The van der Waals surface area contributed by atoms with Crippen LogP contribution in [0.5, 0.6) is 0 Å². The second kappa shape index (κ2) is 18.5. The second-order valence-electron chi connectivity index (χ2n) is 26.2. The van der Waals surface area contributed by atoms with Crippen LogP contribution in [0.15, 0.2) is 227 Å². The molecule has 3 aromatic heterocycles. The zero-order chi connectivity index (χ0) is 66.5. The van der Waals surface area contributed by atoms with Gasteiger partial charge in [0, 0.05) is 71.8 Å². The molecule has 0 N–H and O–H groups in total. The summed E-state index contributed by atoms with van der Waals surface area (Å²) in [5, 5.41) is 14.3. The summed E-state index contributed by atoms with van der Waals surface area (Å²) in [6.45, 7) is 19.1. The molecule has 0 bridgehead atoms. The maximum absolute atomic E-state index is 10.3. The minimum absolute atomic E-state index is 0.0752. The first kappa shape index (κ1) is 42.7. The summed E-state index contributed by atoms with van der Waals surface area (Å²) in [5.41, 5.74) is 15.1. The molecule has 0 saturated heterocycles. The normalized spacial score (nSPS) is 14.8. The Morgan fingerprint density at radius 3 is 1.74 bits per heavy atom. The predicted octanol–water partition coefficient (Wildman–Crippen LogP) is 19.8. The molecule has 6 nitrogen and oxygen atoms in total. The van der Waals surface area contributed by atoms with Gasteiger partial charge in [0.15, 0.2) is 5.58 Å².